The van der Waals surface area contributed by atoms with Gasteiger partial charge in [0.25, 0.3) is 0 Å². The van der Waals surface area contributed by atoms with Crippen molar-refractivity contribution >= 4 is 17.0 Å². The number of piperidine rings is 1. The van der Waals surface area contributed by atoms with Gasteiger partial charge in [0.2, 0.25) is 5.65 Å². The minimum atomic E-state index is 0.143. The number of nitrogens with one attached hydrogen (secondary N) is 1. The summed E-state index contributed by atoms with van der Waals surface area (Å²) in [6, 6.07) is 8.81. The molecular weight excluding hydrogens is 324 g/mol. The number of hydrogen-bond donors (Lipinski definition) is 2. The van der Waals surface area contributed by atoms with E-state index in [9.17, 15) is 0 Å². The Bertz CT molecular complexity index is 983. The van der Waals surface area contributed by atoms with Crippen molar-refractivity contribution in [3.8, 4) is 0 Å². The number of aryl methyl sites for hydroxylation is 2. The van der Waals surface area contributed by atoms with Gasteiger partial charge in [-0.05, 0) is 49.7 Å². The van der Waals surface area contributed by atoms with Crippen LogP contribution < -0.4 is 10.6 Å². The maximum Gasteiger partial charge on any atom is 0.201 e. The molecule has 0 bridgehead atoms. The van der Waals surface area contributed by atoms with Gasteiger partial charge < -0.3 is 10.6 Å². The SMILES string of the molecule is Cc1nc2c(C)[nH]nc2nc1N1CCC2(CC1)Cc1ccccc1[C@H]2N. The minimum Gasteiger partial charge on any atom is -0.355 e. The van der Waals surface area contributed by atoms with Crippen molar-refractivity contribution in [1.82, 2.24) is 20.2 Å². The van der Waals surface area contributed by atoms with Crippen LogP contribution in [-0.2, 0) is 6.42 Å². The zero-order chi connectivity index (χ0) is 17.9. The lowest BCUT2D eigenvalue weighted by atomic mass is 9.73. The van der Waals surface area contributed by atoms with Crippen LogP contribution in [0.25, 0.3) is 11.2 Å². The quantitative estimate of drug-likeness (QED) is 0.706. The Hall–Kier alpha value is -2.47. The molecule has 1 atom stereocenters. The molecule has 1 fully saturated rings. The summed E-state index contributed by atoms with van der Waals surface area (Å²) in [4.78, 5) is 11.9. The second-order valence-corrected chi connectivity index (χ2v) is 7.86. The molecule has 3 heterocycles. The molecule has 134 valence electrons. The highest BCUT2D eigenvalue weighted by Gasteiger charge is 2.46. The lowest BCUT2D eigenvalue weighted by Crippen LogP contribution is -2.44. The van der Waals surface area contributed by atoms with E-state index in [4.69, 9.17) is 15.7 Å². The van der Waals surface area contributed by atoms with Gasteiger partial charge in [-0.15, -0.1) is 0 Å². The Kier molecular flexibility index (Phi) is 3.34. The van der Waals surface area contributed by atoms with Crippen LogP contribution in [0.15, 0.2) is 24.3 Å². The average molecular weight is 348 g/mol. The predicted octanol–water partition coefficient (Wildman–Crippen LogP) is 2.81. The molecule has 0 saturated carbocycles. The van der Waals surface area contributed by atoms with E-state index in [0.717, 1.165) is 55.1 Å². The normalized spacial score (nSPS) is 21.5. The fourth-order valence-electron chi connectivity index (χ4n) is 4.79. The molecule has 1 saturated heterocycles. The van der Waals surface area contributed by atoms with E-state index in [2.05, 4.69) is 39.4 Å². The van der Waals surface area contributed by atoms with Crippen LogP contribution in [0, 0.1) is 19.3 Å². The molecule has 3 aromatic rings. The van der Waals surface area contributed by atoms with Crippen LogP contribution in [0.5, 0.6) is 0 Å². The summed E-state index contributed by atoms with van der Waals surface area (Å²) >= 11 is 0. The first-order valence-electron chi connectivity index (χ1n) is 9.35. The number of H-pyrrole nitrogens is 1. The van der Waals surface area contributed by atoms with Crippen LogP contribution in [0.3, 0.4) is 0 Å². The minimum absolute atomic E-state index is 0.143. The van der Waals surface area contributed by atoms with Crippen LogP contribution in [0.4, 0.5) is 5.82 Å². The van der Waals surface area contributed by atoms with Crippen LogP contribution >= 0.6 is 0 Å². The summed E-state index contributed by atoms with van der Waals surface area (Å²) in [5, 5.41) is 7.26. The van der Waals surface area contributed by atoms with Gasteiger partial charge in [-0.25, -0.2) is 9.97 Å². The fraction of sp³-hybridized carbons (Fsp3) is 0.450. The lowest BCUT2D eigenvalue weighted by molar-refractivity contribution is 0.187. The first kappa shape index (κ1) is 15.8. The number of nitrogens with two attached hydrogens (primary N) is 1. The summed E-state index contributed by atoms with van der Waals surface area (Å²) in [6.45, 7) is 5.95. The van der Waals surface area contributed by atoms with Crippen LogP contribution in [-0.4, -0.2) is 33.3 Å². The lowest BCUT2D eigenvalue weighted by Gasteiger charge is -2.42. The third-order valence-electron chi connectivity index (χ3n) is 6.36. The molecular formula is C20H24N6. The molecule has 0 unspecified atom stereocenters. The molecule has 1 spiro atoms. The number of aromatic amines is 1. The van der Waals surface area contributed by atoms with Crippen molar-refractivity contribution in [3.05, 3.63) is 46.8 Å². The highest BCUT2D eigenvalue weighted by atomic mass is 15.2. The molecule has 0 amide bonds. The Morgan fingerprint density at radius 3 is 2.69 bits per heavy atom. The molecule has 6 heteroatoms. The number of fused-ring (bicyclic) bond motifs is 2. The standard InChI is InChI=1S/C20H24N6/c1-12-16-18(25-24-12)23-19(13(2)22-16)26-9-7-20(8-10-26)11-14-5-3-4-6-15(14)17(20)21/h3-6,17H,7-11,21H2,1-2H3,(H,23,24,25)/t17-/m1/s1. The van der Waals surface area contributed by atoms with E-state index in [-0.39, 0.29) is 11.5 Å². The number of benzene rings is 1. The smallest absolute Gasteiger partial charge is 0.201 e. The van der Waals surface area contributed by atoms with Gasteiger partial charge in [0.15, 0.2) is 5.82 Å². The molecule has 1 aliphatic carbocycles. The van der Waals surface area contributed by atoms with E-state index >= 15 is 0 Å². The summed E-state index contributed by atoms with van der Waals surface area (Å²) in [7, 11) is 0. The van der Waals surface area contributed by atoms with E-state index in [1.165, 1.54) is 11.1 Å². The fourth-order valence-corrected chi connectivity index (χ4v) is 4.79. The van der Waals surface area contributed by atoms with Crippen molar-refractivity contribution < 1.29 is 0 Å². The van der Waals surface area contributed by atoms with Crippen LogP contribution in [0.2, 0.25) is 0 Å². The van der Waals surface area contributed by atoms with Gasteiger partial charge in [0.05, 0.1) is 11.4 Å². The maximum absolute atomic E-state index is 6.69. The Morgan fingerprint density at radius 2 is 1.92 bits per heavy atom. The molecule has 2 aliphatic rings. The van der Waals surface area contributed by atoms with Crippen molar-refractivity contribution in [2.45, 2.75) is 39.2 Å². The van der Waals surface area contributed by atoms with Crippen molar-refractivity contribution in [2.24, 2.45) is 11.1 Å². The van der Waals surface area contributed by atoms with Crippen LogP contribution in [0.1, 0.15) is 41.4 Å². The molecule has 6 nitrogen and oxygen atoms in total. The zero-order valence-electron chi connectivity index (χ0n) is 15.3. The number of hydrogen-bond acceptors (Lipinski definition) is 5. The maximum atomic E-state index is 6.69. The third kappa shape index (κ3) is 2.18. The predicted molar refractivity (Wildman–Crippen MR) is 102 cm³/mol. The monoisotopic (exact) mass is 348 g/mol. The van der Waals surface area contributed by atoms with Gasteiger partial charge in [-0.3, -0.25) is 5.10 Å². The zero-order valence-corrected chi connectivity index (χ0v) is 15.3. The Labute approximate surface area is 152 Å². The topological polar surface area (TPSA) is 83.7 Å². The molecule has 5 rings (SSSR count). The number of nitrogens with zero attached hydrogens (tertiary/aromatic N) is 4. The van der Waals surface area contributed by atoms with Crippen molar-refractivity contribution in [1.29, 1.82) is 0 Å². The molecule has 3 N–H and O–H groups in total. The van der Waals surface area contributed by atoms with Crippen molar-refractivity contribution in [2.75, 3.05) is 18.0 Å². The molecule has 1 aromatic carbocycles. The molecule has 1 aliphatic heterocycles. The summed E-state index contributed by atoms with van der Waals surface area (Å²) in [5.74, 6) is 0.961. The highest BCUT2D eigenvalue weighted by Crippen LogP contribution is 2.51. The van der Waals surface area contributed by atoms with E-state index in [0.29, 0.717) is 5.65 Å². The van der Waals surface area contributed by atoms with Gasteiger partial charge in [-0.2, -0.15) is 5.10 Å². The first-order valence-corrected chi connectivity index (χ1v) is 9.35. The average Bonchev–Trinajstić information content (AvgIpc) is 3.14. The Balaban J connectivity index is 1.41. The van der Waals surface area contributed by atoms with E-state index in [1.807, 2.05) is 13.8 Å². The largest absolute Gasteiger partial charge is 0.355 e. The van der Waals surface area contributed by atoms with E-state index < -0.39 is 0 Å². The third-order valence-corrected chi connectivity index (χ3v) is 6.36. The van der Waals surface area contributed by atoms with Gasteiger partial charge in [0.1, 0.15) is 5.52 Å². The number of rotatable bonds is 1. The first-order chi connectivity index (χ1) is 12.6. The molecule has 2 aromatic heterocycles. The number of aromatic nitrogens is 4. The van der Waals surface area contributed by atoms with E-state index in [1.54, 1.807) is 0 Å². The Morgan fingerprint density at radius 1 is 1.15 bits per heavy atom. The molecule has 26 heavy (non-hydrogen) atoms. The molecule has 0 radical (unpaired) electrons. The summed E-state index contributed by atoms with van der Waals surface area (Å²) < 4.78 is 0. The van der Waals surface area contributed by atoms with Gasteiger partial charge in [0, 0.05) is 19.1 Å². The van der Waals surface area contributed by atoms with Gasteiger partial charge in [-0.1, -0.05) is 24.3 Å². The number of anilines is 1. The second-order valence-electron chi connectivity index (χ2n) is 7.86. The second kappa shape index (κ2) is 5.51. The summed E-state index contributed by atoms with van der Waals surface area (Å²) in [5.41, 5.74) is 13.1. The highest BCUT2D eigenvalue weighted by molar-refractivity contribution is 5.75. The van der Waals surface area contributed by atoms with Crippen molar-refractivity contribution in [3.63, 3.8) is 0 Å². The van der Waals surface area contributed by atoms with Gasteiger partial charge >= 0.3 is 0 Å². The summed E-state index contributed by atoms with van der Waals surface area (Å²) in [6.07, 6.45) is 3.27.